The van der Waals surface area contributed by atoms with Crippen LogP contribution in [0.4, 0.5) is 0 Å². The van der Waals surface area contributed by atoms with E-state index in [1.807, 2.05) is 0 Å². The highest BCUT2D eigenvalue weighted by atomic mass is 14.5. The Bertz CT molecular complexity index is 538. The molecular formula is C34H62. The van der Waals surface area contributed by atoms with Gasteiger partial charge < -0.3 is 0 Å². The van der Waals surface area contributed by atoms with E-state index in [4.69, 9.17) is 0 Å². The molecule has 34 heavy (non-hydrogen) atoms. The molecule has 5 saturated carbocycles. The zero-order valence-corrected chi connectivity index (χ0v) is 23.8. The highest BCUT2D eigenvalue weighted by Crippen LogP contribution is 2.55. The maximum absolute atomic E-state index is 2.62. The van der Waals surface area contributed by atoms with Crippen LogP contribution in [0.3, 0.4) is 0 Å². The second-order valence-corrected chi connectivity index (χ2v) is 14.0. The molecule has 0 aromatic heterocycles. The van der Waals surface area contributed by atoms with Gasteiger partial charge >= 0.3 is 0 Å². The molecule has 5 fully saturated rings. The van der Waals surface area contributed by atoms with Gasteiger partial charge in [0.2, 0.25) is 0 Å². The van der Waals surface area contributed by atoms with E-state index in [9.17, 15) is 0 Å². The molecule has 0 heteroatoms. The molecule has 0 nitrogen and oxygen atoms in total. The number of unbranched alkanes of at least 4 members (excludes halogenated alkanes) is 1. The van der Waals surface area contributed by atoms with E-state index in [1.54, 1.807) is 64.2 Å². The molecule has 5 aliphatic carbocycles. The molecule has 0 bridgehead atoms. The van der Waals surface area contributed by atoms with Crippen molar-refractivity contribution in [1.82, 2.24) is 0 Å². The van der Waals surface area contributed by atoms with Gasteiger partial charge in [0.05, 0.1) is 0 Å². The largest absolute Gasteiger partial charge is 0.0654 e. The van der Waals surface area contributed by atoms with Crippen LogP contribution in [0.5, 0.6) is 0 Å². The van der Waals surface area contributed by atoms with E-state index in [2.05, 4.69) is 20.8 Å². The van der Waals surface area contributed by atoms with Crippen molar-refractivity contribution in [1.29, 1.82) is 0 Å². The average Bonchev–Trinajstić information content (AvgIpc) is 3.36. The van der Waals surface area contributed by atoms with Crippen LogP contribution in [0.1, 0.15) is 162 Å². The molecule has 5 rings (SSSR count). The molecule has 8 atom stereocenters. The Hall–Kier alpha value is 0. The zero-order valence-electron chi connectivity index (χ0n) is 23.8. The zero-order chi connectivity index (χ0) is 23.8. The van der Waals surface area contributed by atoms with Gasteiger partial charge in [-0.15, -0.1) is 0 Å². The quantitative estimate of drug-likeness (QED) is 0.383. The van der Waals surface area contributed by atoms with Crippen LogP contribution in [-0.2, 0) is 0 Å². The normalized spacial score (nSPS) is 41.7. The lowest BCUT2D eigenvalue weighted by Gasteiger charge is -2.48. The summed E-state index contributed by atoms with van der Waals surface area (Å²) in [6.07, 6.45) is 33.7. The highest BCUT2D eigenvalue weighted by molar-refractivity contribution is 4.96. The molecule has 0 spiro atoms. The maximum Gasteiger partial charge on any atom is -0.0324 e. The molecule has 0 N–H and O–H groups in total. The van der Waals surface area contributed by atoms with Crippen LogP contribution in [-0.4, -0.2) is 0 Å². The van der Waals surface area contributed by atoms with E-state index < -0.39 is 0 Å². The smallest absolute Gasteiger partial charge is 0.0324 e. The lowest BCUT2D eigenvalue weighted by molar-refractivity contribution is 0.00764. The van der Waals surface area contributed by atoms with Gasteiger partial charge in [0, 0.05) is 0 Å². The molecule has 0 radical (unpaired) electrons. The molecule has 0 aromatic rings. The summed E-state index contributed by atoms with van der Waals surface area (Å²) in [4.78, 5) is 0. The van der Waals surface area contributed by atoms with Crippen molar-refractivity contribution < 1.29 is 0 Å². The summed E-state index contributed by atoms with van der Waals surface area (Å²) >= 11 is 0. The minimum absolute atomic E-state index is 1.01. The van der Waals surface area contributed by atoms with Crippen LogP contribution >= 0.6 is 0 Å². The molecule has 8 unspecified atom stereocenters. The van der Waals surface area contributed by atoms with E-state index in [0.29, 0.717) is 0 Å². The second-order valence-electron chi connectivity index (χ2n) is 14.0. The fourth-order valence-electron chi connectivity index (χ4n) is 10.1. The number of hydrogen-bond donors (Lipinski definition) is 0. The number of rotatable bonds is 4. The Morgan fingerprint density at radius 2 is 1.06 bits per heavy atom. The highest BCUT2D eigenvalue weighted by Gasteiger charge is 2.46. The standard InChI is InChI=1S/C23H42.C11H20/c1-3-4-15-21-18(2)17-20-14-11-16-22(20)23(21)19-12-9-7-5-6-8-10-13-19;1-9-5-4-7-10-6-2-3-8-11(9)10/h18-23H,3-17H2,1-2H3;9-11H,2-8H2,1H3. The molecule has 5 aliphatic rings. The van der Waals surface area contributed by atoms with Gasteiger partial charge in [-0.05, 0) is 78.9 Å². The van der Waals surface area contributed by atoms with Crippen molar-refractivity contribution in [2.45, 2.75) is 162 Å². The third kappa shape index (κ3) is 7.06. The van der Waals surface area contributed by atoms with Crippen LogP contribution in [0.2, 0.25) is 0 Å². The predicted molar refractivity (Wildman–Crippen MR) is 150 cm³/mol. The lowest BCUT2D eigenvalue weighted by Crippen LogP contribution is -2.41. The summed E-state index contributed by atoms with van der Waals surface area (Å²) in [6, 6.07) is 0. The van der Waals surface area contributed by atoms with Gasteiger partial charge in [0.15, 0.2) is 0 Å². The molecule has 0 heterocycles. The molecular weight excluding hydrogens is 408 g/mol. The third-order valence-electron chi connectivity index (χ3n) is 11.9. The molecule has 0 amide bonds. The first-order chi connectivity index (χ1) is 16.7. The Labute approximate surface area is 215 Å². The van der Waals surface area contributed by atoms with Crippen molar-refractivity contribution in [2.75, 3.05) is 0 Å². The van der Waals surface area contributed by atoms with Gasteiger partial charge in [0.1, 0.15) is 0 Å². The predicted octanol–water partition coefficient (Wildman–Crippen LogP) is 11.2. The van der Waals surface area contributed by atoms with Crippen LogP contribution in [0, 0.1) is 53.3 Å². The van der Waals surface area contributed by atoms with Gasteiger partial charge in [-0.2, -0.15) is 0 Å². The molecule has 198 valence electrons. The SMILES string of the molecule is CC1CCCC2CCCCC12.CCCCC1C(C)CC2CCCC2C1C1CCCCCCCC1. The molecule has 0 saturated heterocycles. The first-order valence-electron chi connectivity index (χ1n) is 16.7. The summed E-state index contributed by atoms with van der Waals surface area (Å²) < 4.78 is 0. The van der Waals surface area contributed by atoms with Crippen molar-refractivity contribution >= 4 is 0 Å². The monoisotopic (exact) mass is 470 g/mol. The minimum Gasteiger partial charge on any atom is -0.0654 e. The van der Waals surface area contributed by atoms with E-state index in [-0.39, 0.29) is 0 Å². The Kier molecular flexibility index (Phi) is 11.2. The minimum atomic E-state index is 1.01. The van der Waals surface area contributed by atoms with Gasteiger partial charge in [-0.1, -0.05) is 136 Å². The fraction of sp³-hybridized carbons (Fsp3) is 1.00. The van der Waals surface area contributed by atoms with Crippen molar-refractivity contribution in [2.24, 2.45) is 53.3 Å². The summed E-state index contributed by atoms with van der Waals surface area (Å²) in [5, 5.41) is 0. The average molecular weight is 471 g/mol. The van der Waals surface area contributed by atoms with Crippen molar-refractivity contribution in [3.63, 3.8) is 0 Å². The second kappa shape index (κ2) is 14.1. The maximum atomic E-state index is 2.62. The fourth-order valence-corrected chi connectivity index (χ4v) is 10.1. The Morgan fingerprint density at radius 3 is 1.79 bits per heavy atom. The Balaban J connectivity index is 0.000000207. The van der Waals surface area contributed by atoms with Crippen molar-refractivity contribution in [3.05, 3.63) is 0 Å². The van der Waals surface area contributed by atoms with Crippen LogP contribution in [0.15, 0.2) is 0 Å². The third-order valence-corrected chi connectivity index (χ3v) is 11.9. The summed E-state index contributed by atoms with van der Waals surface area (Å²) in [5.74, 6) is 9.82. The van der Waals surface area contributed by atoms with E-state index >= 15 is 0 Å². The van der Waals surface area contributed by atoms with E-state index in [0.717, 1.165) is 53.3 Å². The van der Waals surface area contributed by atoms with Crippen LogP contribution < -0.4 is 0 Å². The summed E-state index contributed by atoms with van der Waals surface area (Å²) in [7, 11) is 0. The number of hydrogen-bond acceptors (Lipinski definition) is 0. The summed E-state index contributed by atoms with van der Waals surface area (Å²) in [6.45, 7) is 7.49. The summed E-state index contributed by atoms with van der Waals surface area (Å²) in [5.41, 5.74) is 0. The topological polar surface area (TPSA) is 0 Å². The van der Waals surface area contributed by atoms with Crippen molar-refractivity contribution in [3.8, 4) is 0 Å². The van der Waals surface area contributed by atoms with Crippen LogP contribution in [0.25, 0.3) is 0 Å². The first-order valence-corrected chi connectivity index (χ1v) is 16.7. The Morgan fingerprint density at radius 1 is 0.500 bits per heavy atom. The van der Waals surface area contributed by atoms with Gasteiger partial charge in [0.25, 0.3) is 0 Å². The molecule has 0 aromatic carbocycles. The van der Waals surface area contributed by atoms with Gasteiger partial charge in [-0.3, -0.25) is 0 Å². The van der Waals surface area contributed by atoms with E-state index in [1.165, 1.54) is 77.0 Å². The molecule has 0 aliphatic heterocycles. The first kappa shape index (κ1) is 27.0. The van der Waals surface area contributed by atoms with Gasteiger partial charge in [-0.25, -0.2) is 0 Å². The number of fused-ring (bicyclic) bond motifs is 2. The lowest BCUT2D eigenvalue weighted by atomic mass is 9.57.